The van der Waals surface area contributed by atoms with Crippen LogP contribution in [-0.2, 0) is 9.59 Å². The second kappa shape index (κ2) is 8.03. The van der Waals surface area contributed by atoms with Gasteiger partial charge in [0.05, 0.1) is 11.4 Å². The van der Waals surface area contributed by atoms with Gasteiger partial charge < -0.3 is 5.32 Å². The number of para-hydroxylation sites is 1. The lowest BCUT2D eigenvalue weighted by atomic mass is 10.1. The summed E-state index contributed by atoms with van der Waals surface area (Å²) in [7, 11) is 0. The number of benzene rings is 1. The standard InChI is InChI=1S/C19H24N4O2S/c1-4-5-10-20-15(24)11-26-19-21-14-9-7-6-8-13(14)17-22-16(12(2)3)18(25)23(17)19/h6-9,12,16H,4-5,10-11H2,1-3H3,(H,20,24)/t16-/m1/s1. The van der Waals surface area contributed by atoms with Crippen molar-refractivity contribution >= 4 is 40.3 Å². The van der Waals surface area contributed by atoms with E-state index < -0.39 is 6.04 Å². The summed E-state index contributed by atoms with van der Waals surface area (Å²) in [5.41, 5.74) is 1.65. The first-order valence-corrected chi connectivity index (χ1v) is 10.0. The molecule has 0 saturated heterocycles. The Morgan fingerprint density at radius 1 is 1.35 bits per heavy atom. The van der Waals surface area contributed by atoms with E-state index in [0.29, 0.717) is 17.5 Å². The number of amides is 2. The number of carbonyl (C=O) groups excluding carboxylic acids is 2. The van der Waals surface area contributed by atoms with Crippen molar-refractivity contribution in [2.24, 2.45) is 15.9 Å². The van der Waals surface area contributed by atoms with Gasteiger partial charge in [-0.05, 0) is 24.5 Å². The number of hydrogen-bond donors (Lipinski definition) is 1. The van der Waals surface area contributed by atoms with Gasteiger partial charge in [0.2, 0.25) is 5.91 Å². The smallest absolute Gasteiger partial charge is 0.259 e. The number of nitrogens with one attached hydrogen (secondary N) is 1. The summed E-state index contributed by atoms with van der Waals surface area (Å²) in [6, 6.07) is 7.26. The highest BCUT2D eigenvalue weighted by molar-refractivity contribution is 8.14. The summed E-state index contributed by atoms with van der Waals surface area (Å²) in [6.07, 6.45) is 2.00. The summed E-state index contributed by atoms with van der Waals surface area (Å²) >= 11 is 1.28. The van der Waals surface area contributed by atoms with Gasteiger partial charge in [0.25, 0.3) is 5.91 Å². The fourth-order valence-electron chi connectivity index (χ4n) is 2.89. The number of thioether (sulfide) groups is 1. The van der Waals surface area contributed by atoms with Crippen LogP contribution in [0.1, 0.15) is 39.2 Å². The third-order valence-electron chi connectivity index (χ3n) is 4.32. The monoisotopic (exact) mass is 372 g/mol. The Labute approximate surface area is 158 Å². The van der Waals surface area contributed by atoms with Crippen molar-refractivity contribution in [1.82, 2.24) is 10.2 Å². The largest absolute Gasteiger partial charge is 0.355 e. The molecule has 26 heavy (non-hydrogen) atoms. The lowest BCUT2D eigenvalue weighted by Crippen LogP contribution is -2.42. The molecule has 0 bridgehead atoms. The normalized spacial score (nSPS) is 18.4. The van der Waals surface area contributed by atoms with E-state index in [4.69, 9.17) is 0 Å². The van der Waals surface area contributed by atoms with Crippen molar-refractivity contribution in [1.29, 1.82) is 0 Å². The molecule has 2 aliphatic rings. The van der Waals surface area contributed by atoms with Crippen LogP contribution < -0.4 is 5.32 Å². The second-order valence-corrected chi connectivity index (χ2v) is 7.66. The van der Waals surface area contributed by atoms with Crippen LogP contribution in [0.25, 0.3) is 0 Å². The number of hydrogen-bond acceptors (Lipinski definition) is 5. The Hall–Kier alpha value is -2.15. The van der Waals surface area contributed by atoms with Gasteiger partial charge in [0.15, 0.2) is 5.17 Å². The number of nitrogens with zero attached hydrogens (tertiary/aromatic N) is 3. The zero-order chi connectivity index (χ0) is 18.7. The minimum atomic E-state index is -0.402. The van der Waals surface area contributed by atoms with Gasteiger partial charge in [-0.1, -0.05) is 51.1 Å². The Balaban J connectivity index is 1.82. The first-order valence-electron chi connectivity index (χ1n) is 9.02. The minimum Gasteiger partial charge on any atom is -0.355 e. The van der Waals surface area contributed by atoms with Crippen molar-refractivity contribution in [2.45, 2.75) is 39.7 Å². The van der Waals surface area contributed by atoms with Crippen molar-refractivity contribution in [3.63, 3.8) is 0 Å². The summed E-state index contributed by atoms with van der Waals surface area (Å²) < 4.78 is 0. The van der Waals surface area contributed by atoms with Gasteiger partial charge in [-0.15, -0.1) is 0 Å². The third kappa shape index (κ3) is 3.67. The first kappa shape index (κ1) is 18.6. The maximum atomic E-state index is 12.9. The third-order valence-corrected chi connectivity index (χ3v) is 5.25. The molecule has 138 valence electrons. The van der Waals surface area contributed by atoms with E-state index in [1.807, 2.05) is 38.1 Å². The Bertz CT molecular complexity index is 773. The molecule has 0 fully saturated rings. The van der Waals surface area contributed by atoms with Crippen LogP contribution in [-0.4, -0.2) is 46.1 Å². The molecular formula is C19H24N4O2S. The topological polar surface area (TPSA) is 74.1 Å². The number of unbranched alkanes of at least 4 members (excludes halogenated alkanes) is 1. The van der Waals surface area contributed by atoms with Gasteiger partial charge in [0.1, 0.15) is 11.9 Å². The molecule has 0 spiro atoms. The van der Waals surface area contributed by atoms with Crippen LogP contribution in [0.15, 0.2) is 34.3 Å². The quantitative estimate of drug-likeness (QED) is 0.780. The van der Waals surface area contributed by atoms with Crippen LogP contribution in [0.3, 0.4) is 0 Å². The zero-order valence-corrected chi connectivity index (χ0v) is 16.2. The summed E-state index contributed by atoms with van der Waals surface area (Å²) in [6.45, 7) is 6.74. The van der Waals surface area contributed by atoms with Gasteiger partial charge in [-0.2, -0.15) is 0 Å². The molecular weight excluding hydrogens is 348 g/mol. The van der Waals surface area contributed by atoms with Crippen LogP contribution >= 0.6 is 11.8 Å². The molecule has 0 saturated carbocycles. The van der Waals surface area contributed by atoms with Crippen molar-refractivity contribution in [3.05, 3.63) is 29.8 Å². The van der Waals surface area contributed by atoms with Crippen LogP contribution in [0, 0.1) is 5.92 Å². The molecule has 1 aromatic carbocycles. The molecule has 0 radical (unpaired) electrons. The summed E-state index contributed by atoms with van der Waals surface area (Å²) in [5.74, 6) is 0.871. The maximum absolute atomic E-state index is 12.9. The molecule has 1 atom stereocenters. The lowest BCUT2D eigenvalue weighted by Gasteiger charge is -2.25. The van der Waals surface area contributed by atoms with E-state index in [9.17, 15) is 9.59 Å². The Morgan fingerprint density at radius 3 is 2.85 bits per heavy atom. The molecule has 6 nitrogen and oxygen atoms in total. The highest BCUT2D eigenvalue weighted by atomic mass is 32.2. The van der Waals surface area contributed by atoms with Crippen molar-refractivity contribution in [3.8, 4) is 0 Å². The van der Waals surface area contributed by atoms with Crippen molar-refractivity contribution in [2.75, 3.05) is 12.3 Å². The predicted molar refractivity (Wildman–Crippen MR) is 106 cm³/mol. The van der Waals surface area contributed by atoms with Gasteiger partial charge >= 0.3 is 0 Å². The molecule has 7 heteroatoms. The minimum absolute atomic E-state index is 0.0458. The van der Waals surface area contributed by atoms with E-state index in [-0.39, 0.29) is 23.5 Å². The number of fused-ring (bicyclic) bond motifs is 3. The second-order valence-electron chi connectivity index (χ2n) is 6.72. The highest BCUT2D eigenvalue weighted by Gasteiger charge is 2.42. The van der Waals surface area contributed by atoms with Gasteiger partial charge in [-0.3, -0.25) is 14.6 Å². The van der Waals surface area contributed by atoms with E-state index in [2.05, 4.69) is 22.2 Å². The van der Waals surface area contributed by atoms with Gasteiger partial charge in [-0.25, -0.2) is 9.89 Å². The molecule has 1 N–H and O–H groups in total. The SMILES string of the molecule is CCCCNC(=O)CSC1=Nc2ccccc2C2=N[C@H](C(C)C)C(=O)N12. The molecule has 2 amide bonds. The summed E-state index contributed by atoms with van der Waals surface area (Å²) in [5, 5.41) is 3.42. The Kier molecular flexibility index (Phi) is 5.76. The summed E-state index contributed by atoms with van der Waals surface area (Å²) in [4.78, 5) is 35.8. The Morgan fingerprint density at radius 2 is 2.12 bits per heavy atom. The molecule has 2 aliphatic heterocycles. The van der Waals surface area contributed by atoms with Crippen LogP contribution in [0.4, 0.5) is 5.69 Å². The van der Waals surface area contributed by atoms with E-state index >= 15 is 0 Å². The fraction of sp³-hybridized carbons (Fsp3) is 0.474. The van der Waals surface area contributed by atoms with E-state index in [1.54, 1.807) is 4.90 Å². The molecule has 0 aromatic heterocycles. The first-order chi connectivity index (χ1) is 12.5. The number of amidine groups is 2. The lowest BCUT2D eigenvalue weighted by molar-refractivity contribution is -0.125. The van der Waals surface area contributed by atoms with Crippen LogP contribution in [0.2, 0.25) is 0 Å². The zero-order valence-electron chi connectivity index (χ0n) is 15.4. The maximum Gasteiger partial charge on any atom is 0.259 e. The number of carbonyl (C=O) groups is 2. The average Bonchev–Trinajstić information content (AvgIpc) is 2.98. The molecule has 1 aromatic rings. The van der Waals surface area contributed by atoms with E-state index in [0.717, 1.165) is 24.1 Å². The molecule has 0 aliphatic carbocycles. The van der Waals surface area contributed by atoms with Gasteiger partial charge in [0, 0.05) is 12.1 Å². The molecule has 0 unspecified atom stereocenters. The van der Waals surface area contributed by atoms with Crippen molar-refractivity contribution < 1.29 is 9.59 Å². The van der Waals surface area contributed by atoms with Crippen LogP contribution in [0.5, 0.6) is 0 Å². The van der Waals surface area contributed by atoms with E-state index in [1.165, 1.54) is 11.8 Å². The molecule has 3 rings (SSSR count). The number of rotatable bonds is 6. The average molecular weight is 372 g/mol. The predicted octanol–water partition coefficient (Wildman–Crippen LogP) is 2.95. The number of aliphatic imine (C=N–C) groups is 2. The molecule has 2 heterocycles. The highest BCUT2D eigenvalue weighted by Crippen LogP contribution is 2.34. The fourth-order valence-corrected chi connectivity index (χ4v) is 3.72.